The van der Waals surface area contributed by atoms with Crippen molar-refractivity contribution in [1.29, 1.82) is 0 Å². The van der Waals surface area contributed by atoms with E-state index in [0.717, 1.165) is 17.5 Å². The summed E-state index contributed by atoms with van der Waals surface area (Å²) in [5.41, 5.74) is 1.55. The fourth-order valence-electron chi connectivity index (χ4n) is 2.51. The predicted molar refractivity (Wildman–Crippen MR) is 108 cm³/mol. The molecule has 1 aromatic carbocycles. The van der Waals surface area contributed by atoms with Gasteiger partial charge in [-0.2, -0.15) is 5.10 Å². The van der Waals surface area contributed by atoms with Gasteiger partial charge in [-0.3, -0.25) is 10.1 Å². The van der Waals surface area contributed by atoms with Gasteiger partial charge in [-0.05, 0) is 24.5 Å². The second-order valence-corrected chi connectivity index (χ2v) is 7.55. The molecule has 0 saturated heterocycles. The number of urea groups is 1. The van der Waals surface area contributed by atoms with E-state index in [4.69, 9.17) is 0 Å². The van der Waals surface area contributed by atoms with Crippen LogP contribution in [0.15, 0.2) is 47.9 Å². The van der Waals surface area contributed by atoms with Gasteiger partial charge >= 0.3 is 6.03 Å². The van der Waals surface area contributed by atoms with E-state index >= 15 is 0 Å². The molecule has 9 heteroatoms. The topological polar surface area (TPSA) is 102 Å². The second-order valence-electron chi connectivity index (χ2n) is 6.58. The highest BCUT2D eigenvalue weighted by Gasteiger charge is 2.14. The van der Waals surface area contributed by atoms with Crippen molar-refractivity contribution in [3.63, 3.8) is 0 Å². The largest absolute Gasteiger partial charge is 0.338 e. The molecule has 2 heterocycles. The number of fused-ring (bicyclic) bond motifs is 1. The van der Waals surface area contributed by atoms with Crippen LogP contribution in [0.3, 0.4) is 0 Å². The predicted octanol–water partition coefficient (Wildman–Crippen LogP) is 2.78. The van der Waals surface area contributed by atoms with E-state index in [1.165, 1.54) is 18.1 Å². The smallest absolute Gasteiger partial charge is 0.321 e. The zero-order valence-corrected chi connectivity index (χ0v) is 16.6. The number of rotatable bonds is 7. The normalized spacial score (nSPS) is 11.0. The van der Waals surface area contributed by atoms with Gasteiger partial charge in [0, 0.05) is 6.54 Å². The number of hydrogen-bond donors (Lipinski definition) is 2. The van der Waals surface area contributed by atoms with Crippen LogP contribution in [0.5, 0.6) is 0 Å². The van der Waals surface area contributed by atoms with Gasteiger partial charge < -0.3 is 5.32 Å². The molecule has 0 aliphatic rings. The summed E-state index contributed by atoms with van der Waals surface area (Å²) in [5, 5.41) is 10.8. The molecule has 28 heavy (non-hydrogen) atoms. The number of hydrogen-bond acceptors (Lipinski definition) is 6. The molecule has 2 N–H and O–H groups in total. The Balaban J connectivity index is 1.61. The summed E-state index contributed by atoms with van der Waals surface area (Å²) in [7, 11) is 0. The molecule has 0 saturated carbocycles. The van der Waals surface area contributed by atoms with E-state index in [9.17, 15) is 9.59 Å². The van der Waals surface area contributed by atoms with Gasteiger partial charge in [0.05, 0.1) is 23.0 Å². The Labute approximate surface area is 167 Å². The fourth-order valence-corrected chi connectivity index (χ4v) is 3.27. The lowest BCUT2D eigenvalue weighted by atomic mass is 10.1. The maximum atomic E-state index is 12.0. The molecule has 3 aromatic rings. The van der Waals surface area contributed by atoms with Crippen molar-refractivity contribution in [3.05, 3.63) is 42.9 Å². The van der Waals surface area contributed by atoms with Crippen molar-refractivity contribution in [1.82, 2.24) is 30.4 Å². The summed E-state index contributed by atoms with van der Waals surface area (Å²) in [5.74, 6) is 0.179. The molecule has 0 aliphatic carbocycles. The zero-order valence-electron chi connectivity index (χ0n) is 15.8. The first-order chi connectivity index (χ1) is 13.5. The molecule has 0 atom stereocenters. The van der Waals surface area contributed by atoms with Crippen LogP contribution in [0.25, 0.3) is 16.7 Å². The standard InChI is InChI=1S/C19H22N6O2S/c1-13(2)8-9-20-19(27)24-16(26)11-28-18-15-10-23-25(17(15)21-12-22-18)14-6-4-3-5-7-14/h3-7,10,12-13H,8-9,11H2,1-2H3,(H2,20,24,26,27). The Hall–Kier alpha value is -2.94. The first-order valence-electron chi connectivity index (χ1n) is 8.99. The Bertz CT molecular complexity index is 957. The quantitative estimate of drug-likeness (QED) is 0.469. The lowest BCUT2D eigenvalue weighted by molar-refractivity contribution is -0.117. The Kier molecular flexibility index (Phi) is 6.59. The molecule has 3 amide bonds. The van der Waals surface area contributed by atoms with Crippen LogP contribution >= 0.6 is 11.8 Å². The molecule has 0 fully saturated rings. The molecule has 2 aromatic heterocycles. The van der Waals surface area contributed by atoms with Crippen LogP contribution in [-0.4, -0.2) is 44.0 Å². The van der Waals surface area contributed by atoms with E-state index in [0.29, 0.717) is 23.1 Å². The van der Waals surface area contributed by atoms with Gasteiger partial charge in [-0.25, -0.2) is 19.4 Å². The molecular formula is C19H22N6O2S. The first kappa shape index (κ1) is 19.8. The summed E-state index contributed by atoms with van der Waals surface area (Å²) < 4.78 is 1.73. The number of carbonyl (C=O) groups excluding carboxylic acids is 2. The summed E-state index contributed by atoms with van der Waals surface area (Å²) in [6.07, 6.45) is 3.99. The van der Waals surface area contributed by atoms with Crippen LogP contribution in [0.2, 0.25) is 0 Å². The number of benzene rings is 1. The number of nitrogens with one attached hydrogen (secondary N) is 2. The summed E-state index contributed by atoms with van der Waals surface area (Å²) in [6.45, 7) is 4.68. The number of carbonyl (C=O) groups is 2. The van der Waals surface area contributed by atoms with Crippen molar-refractivity contribution in [2.45, 2.75) is 25.3 Å². The number of imide groups is 1. The highest BCUT2D eigenvalue weighted by atomic mass is 32.2. The van der Waals surface area contributed by atoms with E-state index < -0.39 is 6.03 Å². The van der Waals surface area contributed by atoms with Crippen LogP contribution in [-0.2, 0) is 4.79 Å². The molecule has 0 spiro atoms. The lowest BCUT2D eigenvalue weighted by Gasteiger charge is -2.08. The third-order valence-electron chi connectivity index (χ3n) is 3.93. The Morgan fingerprint density at radius 2 is 1.96 bits per heavy atom. The minimum Gasteiger partial charge on any atom is -0.338 e. The summed E-state index contributed by atoms with van der Waals surface area (Å²) >= 11 is 1.24. The molecular weight excluding hydrogens is 376 g/mol. The van der Waals surface area contributed by atoms with Gasteiger partial charge in [-0.1, -0.05) is 43.8 Å². The Morgan fingerprint density at radius 1 is 1.18 bits per heavy atom. The van der Waals surface area contributed by atoms with Gasteiger partial charge in [0.15, 0.2) is 5.65 Å². The molecule has 146 valence electrons. The summed E-state index contributed by atoms with van der Waals surface area (Å²) in [4.78, 5) is 32.3. The molecule has 0 radical (unpaired) electrons. The van der Waals surface area contributed by atoms with E-state index in [1.54, 1.807) is 10.9 Å². The average molecular weight is 398 g/mol. The van der Waals surface area contributed by atoms with Gasteiger partial charge in [-0.15, -0.1) is 0 Å². The SMILES string of the molecule is CC(C)CCNC(=O)NC(=O)CSc1ncnc2c1cnn2-c1ccccc1. The van der Waals surface area contributed by atoms with Gasteiger partial charge in [0.2, 0.25) is 5.91 Å². The first-order valence-corrected chi connectivity index (χ1v) is 9.98. The second kappa shape index (κ2) is 9.32. The summed E-state index contributed by atoms with van der Waals surface area (Å²) in [6, 6.07) is 9.19. The van der Waals surface area contributed by atoms with Crippen molar-refractivity contribution >= 4 is 34.7 Å². The number of aromatic nitrogens is 4. The molecule has 0 aliphatic heterocycles. The minimum absolute atomic E-state index is 0.0697. The Morgan fingerprint density at radius 3 is 2.71 bits per heavy atom. The van der Waals surface area contributed by atoms with E-state index in [-0.39, 0.29) is 11.7 Å². The van der Waals surface area contributed by atoms with Crippen molar-refractivity contribution in [2.24, 2.45) is 5.92 Å². The molecule has 0 unspecified atom stereocenters. The number of amides is 3. The zero-order chi connectivity index (χ0) is 19.9. The highest BCUT2D eigenvalue weighted by Crippen LogP contribution is 2.25. The van der Waals surface area contributed by atoms with Crippen molar-refractivity contribution in [2.75, 3.05) is 12.3 Å². The number of nitrogens with zero attached hydrogens (tertiary/aromatic N) is 4. The molecule has 8 nitrogen and oxygen atoms in total. The van der Waals surface area contributed by atoms with Crippen LogP contribution in [0.4, 0.5) is 4.79 Å². The van der Waals surface area contributed by atoms with Crippen molar-refractivity contribution in [3.8, 4) is 5.69 Å². The fraction of sp³-hybridized carbons (Fsp3) is 0.316. The highest BCUT2D eigenvalue weighted by molar-refractivity contribution is 8.00. The van der Waals surface area contributed by atoms with Crippen LogP contribution in [0.1, 0.15) is 20.3 Å². The number of para-hydroxylation sites is 1. The van der Waals surface area contributed by atoms with E-state index in [2.05, 4.69) is 39.5 Å². The molecule has 0 bridgehead atoms. The van der Waals surface area contributed by atoms with Gasteiger partial charge in [0.25, 0.3) is 0 Å². The van der Waals surface area contributed by atoms with Crippen LogP contribution in [0, 0.1) is 5.92 Å². The third-order valence-corrected chi connectivity index (χ3v) is 4.94. The average Bonchev–Trinajstić information content (AvgIpc) is 3.11. The van der Waals surface area contributed by atoms with Crippen molar-refractivity contribution < 1.29 is 9.59 Å². The monoisotopic (exact) mass is 398 g/mol. The van der Waals surface area contributed by atoms with E-state index in [1.807, 2.05) is 30.3 Å². The number of thioether (sulfide) groups is 1. The van der Waals surface area contributed by atoms with Crippen LogP contribution < -0.4 is 10.6 Å². The minimum atomic E-state index is -0.476. The van der Waals surface area contributed by atoms with Gasteiger partial charge in [0.1, 0.15) is 11.4 Å². The maximum Gasteiger partial charge on any atom is 0.321 e. The maximum absolute atomic E-state index is 12.0. The molecule has 3 rings (SSSR count). The lowest BCUT2D eigenvalue weighted by Crippen LogP contribution is -2.40. The third kappa shape index (κ3) is 5.07.